The maximum absolute atomic E-state index is 12.7. The molecular formula is C20H20ClN3O4. The number of hydrazone groups is 1. The molecule has 3 rings (SSSR count). The van der Waals surface area contributed by atoms with E-state index in [0.717, 1.165) is 0 Å². The number of halogens is 1. The van der Waals surface area contributed by atoms with Crippen LogP contribution in [0.25, 0.3) is 0 Å². The van der Waals surface area contributed by atoms with Crippen LogP contribution in [0, 0.1) is 5.41 Å². The van der Waals surface area contributed by atoms with Crippen LogP contribution in [0.2, 0.25) is 5.02 Å². The largest absolute Gasteiger partial charge is 0.497 e. The van der Waals surface area contributed by atoms with Crippen molar-refractivity contribution in [2.24, 2.45) is 10.5 Å². The van der Waals surface area contributed by atoms with E-state index in [9.17, 15) is 9.59 Å². The first-order chi connectivity index (χ1) is 13.4. The Kier molecular flexibility index (Phi) is 5.56. The first kappa shape index (κ1) is 19.7. The van der Waals surface area contributed by atoms with Crippen LogP contribution in [0.15, 0.2) is 53.6 Å². The highest BCUT2D eigenvalue weighted by atomic mass is 35.5. The second-order valence-corrected chi connectivity index (χ2v) is 6.93. The average Bonchev–Trinajstić information content (AvgIpc) is 3.07. The Morgan fingerprint density at radius 2 is 1.75 bits per heavy atom. The Morgan fingerprint density at radius 1 is 1.11 bits per heavy atom. The highest BCUT2D eigenvalue weighted by Gasteiger charge is 2.48. The lowest BCUT2D eigenvalue weighted by Crippen LogP contribution is -2.42. The van der Waals surface area contributed by atoms with Crippen LogP contribution >= 0.6 is 11.6 Å². The van der Waals surface area contributed by atoms with Gasteiger partial charge in [0.2, 0.25) is 0 Å². The van der Waals surface area contributed by atoms with Crippen LogP contribution in [-0.2, 0) is 9.53 Å². The molecule has 8 heteroatoms. The number of carbonyl (C=O) groups is 2. The Hall–Kier alpha value is -3.06. The molecule has 1 atom stereocenters. The molecule has 0 radical (unpaired) electrons. The summed E-state index contributed by atoms with van der Waals surface area (Å²) in [6, 6.07) is 13.4. The fraction of sp³-hybridized carbons (Fsp3) is 0.250. The lowest BCUT2D eigenvalue weighted by atomic mass is 9.82. The summed E-state index contributed by atoms with van der Waals surface area (Å²) in [5.74, 6) is 0.210. The van der Waals surface area contributed by atoms with Crippen LogP contribution < -0.4 is 10.1 Å². The molecule has 1 heterocycles. The number of benzene rings is 2. The summed E-state index contributed by atoms with van der Waals surface area (Å²) in [7, 11) is 2.88. The highest BCUT2D eigenvalue weighted by Crippen LogP contribution is 2.33. The van der Waals surface area contributed by atoms with Crippen molar-refractivity contribution < 1.29 is 19.1 Å². The number of amides is 2. The SMILES string of the molecule is COC(=O)C1(C)CN(C(=O)Nc2ccc(OC)cc2)N=C1c1ccc(Cl)cc1. The van der Waals surface area contributed by atoms with Crippen molar-refractivity contribution in [1.29, 1.82) is 0 Å². The summed E-state index contributed by atoms with van der Waals surface area (Å²) < 4.78 is 10.1. The van der Waals surface area contributed by atoms with Gasteiger partial charge in [-0.15, -0.1) is 0 Å². The van der Waals surface area contributed by atoms with Crippen LogP contribution in [0.5, 0.6) is 5.75 Å². The van der Waals surface area contributed by atoms with E-state index >= 15 is 0 Å². The van der Waals surface area contributed by atoms with Gasteiger partial charge in [-0.3, -0.25) is 4.79 Å². The molecule has 1 unspecified atom stereocenters. The normalized spacial score (nSPS) is 18.4. The summed E-state index contributed by atoms with van der Waals surface area (Å²) in [4.78, 5) is 25.2. The summed E-state index contributed by atoms with van der Waals surface area (Å²) in [6.07, 6.45) is 0. The molecule has 0 spiro atoms. The summed E-state index contributed by atoms with van der Waals surface area (Å²) in [5, 5.41) is 8.96. The van der Waals surface area contributed by atoms with E-state index in [0.29, 0.717) is 27.7 Å². The number of anilines is 1. The number of urea groups is 1. The molecule has 2 aromatic carbocycles. The molecule has 1 aliphatic heterocycles. The molecule has 0 saturated heterocycles. The molecule has 0 fully saturated rings. The van der Waals surface area contributed by atoms with Gasteiger partial charge in [0.15, 0.2) is 0 Å². The number of rotatable bonds is 4. The predicted molar refractivity (Wildman–Crippen MR) is 107 cm³/mol. The summed E-state index contributed by atoms with van der Waals surface area (Å²) in [5.41, 5.74) is 0.624. The van der Waals surface area contributed by atoms with Gasteiger partial charge in [0.25, 0.3) is 0 Å². The third-order valence-corrected chi connectivity index (χ3v) is 4.79. The van der Waals surface area contributed by atoms with Crippen LogP contribution in [-0.4, -0.2) is 43.5 Å². The molecular weight excluding hydrogens is 382 g/mol. The van der Waals surface area contributed by atoms with Crippen molar-refractivity contribution in [2.75, 3.05) is 26.1 Å². The van der Waals surface area contributed by atoms with Crippen molar-refractivity contribution in [1.82, 2.24) is 5.01 Å². The number of esters is 1. The lowest BCUT2D eigenvalue weighted by molar-refractivity contribution is -0.147. The van der Waals surface area contributed by atoms with E-state index in [1.165, 1.54) is 12.1 Å². The van der Waals surface area contributed by atoms with Crippen LogP contribution in [0.3, 0.4) is 0 Å². The highest BCUT2D eigenvalue weighted by molar-refractivity contribution is 6.30. The van der Waals surface area contributed by atoms with Gasteiger partial charge in [-0.2, -0.15) is 5.10 Å². The van der Waals surface area contributed by atoms with Gasteiger partial charge < -0.3 is 14.8 Å². The van der Waals surface area contributed by atoms with Gasteiger partial charge in [0.05, 0.1) is 26.5 Å². The number of hydrogen-bond donors (Lipinski definition) is 1. The van der Waals surface area contributed by atoms with Gasteiger partial charge in [-0.1, -0.05) is 23.7 Å². The lowest BCUT2D eigenvalue weighted by Gasteiger charge is -2.23. The maximum atomic E-state index is 12.7. The molecule has 146 valence electrons. The van der Waals surface area contributed by atoms with E-state index in [4.69, 9.17) is 21.1 Å². The second kappa shape index (κ2) is 7.90. The number of methoxy groups -OCH3 is 2. The quantitative estimate of drug-likeness (QED) is 0.790. The number of nitrogens with one attached hydrogen (secondary N) is 1. The van der Waals surface area contributed by atoms with Gasteiger partial charge in [0, 0.05) is 10.7 Å². The first-order valence-electron chi connectivity index (χ1n) is 8.53. The van der Waals surface area contributed by atoms with Crippen molar-refractivity contribution in [2.45, 2.75) is 6.92 Å². The minimum Gasteiger partial charge on any atom is -0.497 e. The van der Waals surface area contributed by atoms with Crippen LogP contribution in [0.4, 0.5) is 10.5 Å². The molecule has 7 nitrogen and oxygen atoms in total. The molecule has 0 aliphatic carbocycles. The Balaban J connectivity index is 1.87. The van der Waals surface area contributed by atoms with Gasteiger partial charge in [0.1, 0.15) is 11.2 Å². The number of ether oxygens (including phenoxy) is 2. The topological polar surface area (TPSA) is 80.2 Å². The van der Waals surface area contributed by atoms with Crippen LogP contribution in [0.1, 0.15) is 12.5 Å². The first-order valence-corrected chi connectivity index (χ1v) is 8.91. The Labute approximate surface area is 167 Å². The zero-order chi connectivity index (χ0) is 20.3. The zero-order valence-corrected chi connectivity index (χ0v) is 16.5. The fourth-order valence-corrected chi connectivity index (χ4v) is 3.12. The standard InChI is InChI=1S/C20H20ClN3O4/c1-20(18(25)28-3)12-24(23-17(20)13-4-6-14(21)7-5-13)19(26)22-15-8-10-16(27-2)11-9-15/h4-11H,12H2,1-3H3,(H,22,26). The third kappa shape index (κ3) is 3.80. The van der Waals surface area contributed by atoms with Gasteiger partial charge in [-0.25, -0.2) is 9.80 Å². The molecule has 2 aromatic rings. The van der Waals surface area contributed by atoms with Crippen molar-refractivity contribution in [3.63, 3.8) is 0 Å². The minimum absolute atomic E-state index is 0.0552. The van der Waals surface area contributed by atoms with E-state index in [1.54, 1.807) is 62.6 Å². The number of carbonyl (C=O) groups excluding carboxylic acids is 2. The summed E-state index contributed by atoms with van der Waals surface area (Å²) >= 11 is 5.96. The zero-order valence-electron chi connectivity index (χ0n) is 15.7. The molecule has 0 aromatic heterocycles. The minimum atomic E-state index is -1.10. The smallest absolute Gasteiger partial charge is 0.342 e. The number of nitrogens with zero attached hydrogens (tertiary/aromatic N) is 2. The molecule has 1 aliphatic rings. The molecule has 2 amide bonds. The number of hydrogen-bond acceptors (Lipinski definition) is 5. The predicted octanol–water partition coefficient (Wildman–Crippen LogP) is 3.78. The van der Waals surface area contributed by atoms with E-state index in [1.807, 2.05) is 0 Å². The molecule has 1 N–H and O–H groups in total. The van der Waals surface area contributed by atoms with Gasteiger partial charge in [-0.05, 0) is 48.9 Å². The Morgan fingerprint density at radius 3 is 2.32 bits per heavy atom. The average molecular weight is 402 g/mol. The fourth-order valence-electron chi connectivity index (χ4n) is 2.99. The van der Waals surface area contributed by atoms with E-state index in [2.05, 4.69) is 10.4 Å². The Bertz CT molecular complexity index is 912. The summed E-state index contributed by atoms with van der Waals surface area (Å²) in [6.45, 7) is 1.76. The van der Waals surface area contributed by atoms with E-state index in [-0.39, 0.29) is 6.54 Å². The molecule has 28 heavy (non-hydrogen) atoms. The molecule has 0 bridgehead atoms. The van der Waals surface area contributed by atoms with Gasteiger partial charge >= 0.3 is 12.0 Å². The third-order valence-electron chi connectivity index (χ3n) is 4.54. The molecule has 0 saturated carbocycles. The van der Waals surface area contributed by atoms with Crippen molar-refractivity contribution >= 4 is 35.0 Å². The maximum Gasteiger partial charge on any atom is 0.342 e. The second-order valence-electron chi connectivity index (χ2n) is 6.50. The van der Waals surface area contributed by atoms with Crippen molar-refractivity contribution in [3.05, 3.63) is 59.1 Å². The van der Waals surface area contributed by atoms with Crippen molar-refractivity contribution in [3.8, 4) is 5.75 Å². The monoisotopic (exact) mass is 401 g/mol. The van der Waals surface area contributed by atoms with E-state index < -0.39 is 17.4 Å².